The van der Waals surface area contributed by atoms with Gasteiger partial charge in [0.25, 0.3) is 0 Å². The largest absolute Gasteiger partial charge is 0.328 e. The third-order valence-corrected chi connectivity index (χ3v) is 3.20. The van der Waals surface area contributed by atoms with Crippen LogP contribution in [0.2, 0.25) is 0 Å². The summed E-state index contributed by atoms with van der Waals surface area (Å²) in [6, 6.07) is 6.52. The molecule has 0 saturated heterocycles. The lowest BCUT2D eigenvalue weighted by molar-refractivity contribution is 0.626. The van der Waals surface area contributed by atoms with E-state index in [1.54, 1.807) is 11.8 Å². The zero-order valence-electron chi connectivity index (χ0n) is 9.24. The van der Waals surface area contributed by atoms with Gasteiger partial charge in [0.15, 0.2) is 0 Å². The fourth-order valence-corrected chi connectivity index (χ4v) is 2.38. The molecule has 0 bridgehead atoms. The van der Waals surface area contributed by atoms with Crippen LogP contribution in [0.25, 0.3) is 0 Å². The molecule has 1 aromatic carbocycles. The van der Waals surface area contributed by atoms with Gasteiger partial charge in [-0.1, -0.05) is 0 Å². The van der Waals surface area contributed by atoms with E-state index >= 15 is 0 Å². The Balaban J connectivity index is 2.53. The third-order valence-electron chi connectivity index (χ3n) is 2.16. The lowest BCUT2D eigenvalue weighted by Gasteiger charge is -2.06. The molecule has 1 atom stereocenters. The van der Waals surface area contributed by atoms with Crippen molar-refractivity contribution in [3.63, 3.8) is 0 Å². The van der Waals surface area contributed by atoms with E-state index in [1.807, 2.05) is 6.92 Å². The highest BCUT2D eigenvalue weighted by Gasteiger charge is 2.04. The van der Waals surface area contributed by atoms with Crippen LogP contribution in [0.5, 0.6) is 0 Å². The van der Waals surface area contributed by atoms with Crippen molar-refractivity contribution in [3.8, 4) is 6.07 Å². The topological polar surface area (TPSA) is 49.8 Å². The first-order valence-electron chi connectivity index (χ1n) is 5.15. The van der Waals surface area contributed by atoms with Crippen molar-refractivity contribution in [1.29, 1.82) is 5.26 Å². The smallest absolute Gasteiger partial charge is 0.123 e. The number of nitriles is 1. The van der Waals surface area contributed by atoms with Gasteiger partial charge in [-0.15, -0.1) is 0 Å². The molecule has 0 heterocycles. The van der Waals surface area contributed by atoms with E-state index in [1.165, 1.54) is 18.2 Å². The third kappa shape index (κ3) is 4.21. The molecule has 0 amide bonds. The number of hydrogen-bond acceptors (Lipinski definition) is 3. The molecule has 0 aliphatic heterocycles. The van der Waals surface area contributed by atoms with Crippen molar-refractivity contribution in [3.05, 3.63) is 35.1 Å². The number of nitrogens with two attached hydrogens (primary N) is 1. The minimum absolute atomic E-state index is 0.190. The van der Waals surface area contributed by atoms with Crippen molar-refractivity contribution in [2.24, 2.45) is 5.73 Å². The predicted molar refractivity (Wildman–Crippen MR) is 65.5 cm³/mol. The molecule has 86 valence electrons. The molecule has 0 aliphatic rings. The molecule has 0 aromatic heterocycles. The Bertz CT molecular complexity index is 385. The van der Waals surface area contributed by atoms with Crippen LogP contribution < -0.4 is 5.73 Å². The maximum atomic E-state index is 13.0. The first-order valence-corrected chi connectivity index (χ1v) is 6.31. The Morgan fingerprint density at radius 2 is 2.31 bits per heavy atom. The van der Waals surface area contributed by atoms with Crippen molar-refractivity contribution >= 4 is 11.8 Å². The Morgan fingerprint density at radius 1 is 1.56 bits per heavy atom. The standard InChI is InChI=1S/C12H15FN2S/c1-9(15)4-5-16-8-11-6-12(13)3-2-10(11)7-14/h2-3,6,9H,4-5,8,15H2,1H3. The Labute approximate surface area is 99.6 Å². The van der Waals surface area contributed by atoms with Crippen LogP contribution in [0.1, 0.15) is 24.5 Å². The molecular formula is C12H15FN2S. The molecule has 1 unspecified atom stereocenters. The summed E-state index contributed by atoms with van der Waals surface area (Å²) in [7, 11) is 0. The molecule has 0 fully saturated rings. The average Bonchev–Trinajstić information content (AvgIpc) is 2.24. The van der Waals surface area contributed by atoms with E-state index in [2.05, 4.69) is 6.07 Å². The van der Waals surface area contributed by atoms with Gasteiger partial charge in [0.1, 0.15) is 5.82 Å². The first-order chi connectivity index (χ1) is 7.63. The number of nitrogens with zero attached hydrogens (tertiary/aromatic N) is 1. The molecule has 0 radical (unpaired) electrons. The van der Waals surface area contributed by atoms with Crippen molar-refractivity contribution in [2.45, 2.75) is 25.1 Å². The monoisotopic (exact) mass is 238 g/mol. The lowest BCUT2D eigenvalue weighted by Crippen LogP contribution is -2.15. The summed E-state index contributed by atoms with van der Waals surface area (Å²) in [6.45, 7) is 1.96. The first kappa shape index (κ1) is 13.0. The van der Waals surface area contributed by atoms with E-state index in [0.29, 0.717) is 11.3 Å². The van der Waals surface area contributed by atoms with Crippen molar-refractivity contribution in [1.82, 2.24) is 0 Å². The molecule has 1 aromatic rings. The van der Waals surface area contributed by atoms with E-state index in [-0.39, 0.29) is 11.9 Å². The lowest BCUT2D eigenvalue weighted by atomic mass is 10.1. The fourth-order valence-electron chi connectivity index (χ4n) is 1.24. The molecular weight excluding hydrogens is 223 g/mol. The minimum Gasteiger partial charge on any atom is -0.328 e. The zero-order chi connectivity index (χ0) is 12.0. The van der Waals surface area contributed by atoms with Crippen LogP contribution in [-0.2, 0) is 5.75 Å². The molecule has 1 rings (SSSR count). The van der Waals surface area contributed by atoms with Crippen LogP contribution in [0.15, 0.2) is 18.2 Å². The Kier molecular flexibility index (Phi) is 5.30. The summed E-state index contributed by atoms with van der Waals surface area (Å²) in [6.07, 6.45) is 0.932. The highest BCUT2D eigenvalue weighted by Crippen LogP contribution is 2.18. The molecule has 0 aliphatic carbocycles. The van der Waals surface area contributed by atoms with E-state index in [0.717, 1.165) is 17.7 Å². The van der Waals surface area contributed by atoms with Crippen molar-refractivity contribution in [2.75, 3.05) is 5.75 Å². The molecule has 0 saturated carbocycles. The maximum absolute atomic E-state index is 13.0. The van der Waals surface area contributed by atoms with E-state index < -0.39 is 0 Å². The van der Waals surface area contributed by atoms with Gasteiger partial charge in [0.05, 0.1) is 11.6 Å². The summed E-state index contributed by atoms with van der Waals surface area (Å²) in [4.78, 5) is 0. The van der Waals surface area contributed by atoms with Gasteiger partial charge in [0, 0.05) is 11.8 Å². The number of benzene rings is 1. The molecule has 2 nitrogen and oxygen atoms in total. The van der Waals surface area contributed by atoms with Gasteiger partial charge in [-0.25, -0.2) is 4.39 Å². The van der Waals surface area contributed by atoms with Crippen molar-refractivity contribution < 1.29 is 4.39 Å². The van der Waals surface area contributed by atoms with Gasteiger partial charge in [0.2, 0.25) is 0 Å². The maximum Gasteiger partial charge on any atom is 0.123 e. The summed E-state index contributed by atoms with van der Waals surface area (Å²) in [5.74, 6) is 1.30. The summed E-state index contributed by atoms with van der Waals surface area (Å²) >= 11 is 1.68. The second-order valence-corrected chi connectivity index (χ2v) is 4.84. The average molecular weight is 238 g/mol. The van der Waals surface area contributed by atoms with Gasteiger partial charge < -0.3 is 5.73 Å². The van der Waals surface area contributed by atoms with Crippen LogP contribution in [-0.4, -0.2) is 11.8 Å². The van der Waals surface area contributed by atoms with Crippen LogP contribution in [0.4, 0.5) is 4.39 Å². The fraction of sp³-hybridized carbons (Fsp3) is 0.417. The summed E-state index contributed by atoms with van der Waals surface area (Å²) in [5.41, 5.74) is 6.94. The molecule has 2 N–H and O–H groups in total. The Morgan fingerprint density at radius 3 is 2.94 bits per heavy atom. The Hall–Kier alpha value is -1.05. The predicted octanol–water partition coefficient (Wildman–Crippen LogP) is 2.67. The summed E-state index contributed by atoms with van der Waals surface area (Å²) in [5, 5.41) is 8.85. The van der Waals surface area contributed by atoms with Crippen LogP contribution in [0, 0.1) is 17.1 Å². The number of thioether (sulfide) groups is 1. The van der Waals surface area contributed by atoms with Gasteiger partial charge in [-0.2, -0.15) is 17.0 Å². The highest BCUT2D eigenvalue weighted by molar-refractivity contribution is 7.98. The summed E-state index contributed by atoms with van der Waals surface area (Å²) < 4.78 is 13.0. The van der Waals surface area contributed by atoms with Crippen LogP contribution in [0.3, 0.4) is 0 Å². The van der Waals surface area contributed by atoms with Crippen LogP contribution >= 0.6 is 11.8 Å². The normalized spacial score (nSPS) is 12.1. The van der Waals surface area contributed by atoms with Gasteiger partial charge in [-0.3, -0.25) is 0 Å². The van der Waals surface area contributed by atoms with E-state index in [4.69, 9.17) is 11.0 Å². The number of hydrogen-bond donors (Lipinski definition) is 1. The SMILES string of the molecule is CC(N)CCSCc1cc(F)ccc1C#N. The second kappa shape index (κ2) is 6.51. The van der Waals surface area contributed by atoms with Gasteiger partial charge in [-0.05, 0) is 42.9 Å². The molecule has 4 heteroatoms. The number of halogens is 1. The quantitative estimate of drug-likeness (QED) is 0.802. The minimum atomic E-state index is -0.290. The van der Waals surface area contributed by atoms with E-state index in [9.17, 15) is 4.39 Å². The second-order valence-electron chi connectivity index (χ2n) is 3.73. The molecule has 16 heavy (non-hydrogen) atoms. The molecule has 0 spiro atoms. The number of rotatable bonds is 5. The van der Waals surface area contributed by atoms with Gasteiger partial charge >= 0.3 is 0 Å². The highest BCUT2D eigenvalue weighted by atomic mass is 32.2. The zero-order valence-corrected chi connectivity index (χ0v) is 10.1.